The number of carbonyl (C=O) groups is 1. The molecule has 1 amide bonds. The first-order valence-corrected chi connectivity index (χ1v) is 8.22. The number of hydrogen-bond acceptors (Lipinski definition) is 3. The normalized spacial score (nSPS) is 14.7. The molecule has 4 nitrogen and oxygen atoms in total. The molecule has 0 aliphatic heterocycles. The minimum Gasteiger partial charge on any atom is -0.359 e. The van der Waals surface area contributed by atoms with Gasteiger partial charge in [0.15, 0.2) is 0 Å². The summed E-state index contributed by atoms with van der Waals surface area (Å²) in [4.78, 5) is 12.5. The third kappa shape index (κ3) is 4.42. The van der Waals surface area contributed by atoms with E-state index in [2.05, 4.69) is 17.6 Å². The van der Waals surface area contributed by atoms with E-state index >= 15 is 0 Å². The Morgan fingerprint density at radius 2 is 1.85 bits per heavy atom. The number of amides is 1. The summed E-state index contributed by atoms with van der Waals surface area (Å²) >= 11 is 0. The molecule has 1 aromatic rings. The second kappa shape index (κ2) is 6.99. The van der Waals surface area contributed by atoms with Crippen LogP contribution >= 0.6 is 0 Å². The summed E-state index contributed by atoms with van der Waals surface area (Å²) in [6.07, 6.45) is 1.67. The standard InChI is InChI=1S/C15H24N2O2S/c1-11(17-10-15(2,3)14(18)16-4)12-6-8-13(9-7-12)20(5)19/h6-9,11,17H,10H2,1-5H3,(H,16,18). The van der Waals surface area contributed by atoms with Crippen molar-refractivity contribution in [2.75, 3.05) is 19.8 Å². The van der Waals surface area contributed by atoms with Crippen LogP contribution in [0.4, 0.5) is 0 Å². The molecule has 0 saturated heterocycles. The van der Waals surface area contributed by atoms with Crippen molar-refractivity contribution in [1.82, 2.24) is 10.6 Å². The first kappa shape index (κ1) is 16.9. The molecule has 0 fully saturated rings. The minimum atomic E-state index is -0.949. The Hall–Kier alpha value is -1.20. The average Bonchev–Trinajstić information content (AvgIpc) is 2.43. The smallest absolute Gasteiger partial charge is 0.226 e. The van der Waals surface area contributed by atoms with Crippen LogP contribution in [-0.4, -0.2) is 30.0 Å². The predicted molar refractivity (Wildman–Crippen MR) is 83.0 cm³/mol. The van der Waals surface area contributed by atoms with Crippen molar-refractivity contribution in [3.05, 3.63) is 29.8 Å². The Morgan fingerprint density at radius 3 is 2.30 bits per heavy atom. The van der Waals surface area contributed by atoms with Gasteiger partial charge in [0.25, 0.3) is 0 Å². The van der Waals surface area contributed by atoms with E-state index in [4.69, 9.17) is 0 Å². The predicted octanol–water partition coefficient (Wildman–Crippen LogP) is 1.85. The molecule has 20 heavy (non-hydrogen) atoms. The molecule has 0 spiro atoms. The lowest BCUT2D eigenvalue weighted by Gasteiger charge is -2.25. The molecule has 0 aliphatic rings. The summed E-state index contributed by atoms with van der Waals surface area (Å²) in [5.41, 5.74) is 0.667. The van der Waals surface area contributed by atoms with Crippen molar-refractivity contribution in [2.45, 2.75) is 31.7 Å². The van der Waals surface area contributed by atoms with Gasteiger partial charge in [0, 0.05) is 41.6 Å². The summed E-state index contributed by atoms with van der Waals surface area (Å²) in [6, 6.07) is 7.85. The summed E-state index contributed by atoms with van der Waals surface area (Å²) < 4.78 is 11.3. The van der Waals surface area contributed by atoms with Crippen LogP contribution in [-0.2, 0) is 15.6 Å². The first-order valence-electron chi connectivity index (χ1n) is 6.67. The van der Waals surface area contributed by atoms with Crippen LogP contribution in [0, 0.1) is 5.41 Å². The third-order valence-electron chi connectivity index (χ3n) is 3.40. The van der Waals surface area contributed by atoms with Gasteiger partial charge in [-0.1, -0.05) is 12.1 Å². The number of rotatable bonds is 6. The Balaban J connectivity index is 2.65. The van der Waals surface area contributed by atoms with Crippen LogP contribution in [0.15, 0.2) is 29.2 Å². The van der Waals surface area contributed by atoms with E-state index in [9.17, 15) is 9.00 Å². The van der Waals surface area contributed by atoms with Gasteiger partial charge in [0.05, 0.1) is 5.41 Å². The van der Waals surface area contributed by atoms with Gasteiger partial charge < -0.3 is 10.6 Å². The molecule has 0 saturated carbocycles. The fourth-order valence-electron chi connectivity index (χ4n) is 1.89. The molecular weight excluding hydrogens is 272 g/mol. The molecule has 5 heteroatoms. The molecule has 1 aromatic carbocycles. The van der Waals surface area contributed by atoms with Crippen molar-refractivity contribution in [3.63, 3.8) is 0 Å². The van der Waals surface area contributed by atoms with E-state index in [1.165, 1.54) is 0 Å². The second-order valence-corrected chi connectivity index (χ2v) is 6.97. The SMILES string of the molecule is CNC(=O)C(C)(C)CNC(C)c1ccc(S(C)=O)cc1. The molecule has 2 N–H and O–H groups in total. The highest BCUT2D eigenvalue weighted by Gasteiger charge is 2.26. The second-order valence-electron chi connectivity index (χ2n) is 5.59. The van der Waals surface area contributed by atoms with Crippen molar-refractivity contribution < 1.29 is 9.00 Å². The zero-order chi connectivity index (χ0) is 15.3. The molecule has 0 heterocycles. The van der Waals surface area contributed by atoms with Crippen LogP contribution in [0.5, 0.6) is 0 Å². The van der Waals surface area contributed by atoms with Crippen molar-refractivity contribution in [2.24, 2.45) is 5.41 Å². The maximum absolute atomic E-state index is 11.7. The van der Waals surface area contributed by atoms with E-state index < -0.39 is 16.2 Å². The summed E-state index contributed by atoms with van der Waals surface area (Å²) in [6.45, 7) is 6.47. The number of nitrogens with one attached hydrogen (secondary N) is 2. The van der Waals surface area contributed by atoms with Crippen molar-refractivity contribution in [3.8, 4) is 0 Å². The fraction of sp³-hybridized carbons (Fsp3) is 0.533. The lowest BCUT2D eigenvalue weighted by atomic mass is 9.91. The highest BCUT2D eigenvalue weighted by Crippen LogP contribution is 2.18. The van der Waals surface area contributed by atoms with Gasteiger partial charge in [-0.3, -0.25) is 9.00 Å². The molecule has 0 aliphatic carbocycles. The van der Waals surface area contributed by atoms with Crippen LogP contribution < -0.4 is 10.6 Å². The average molecular weight is 296 g/mol. The fourth-order valence-corrected chi connectivity index (χ4v) is 2.41. The molecule has 0 bridgehead atoms. The number of benzene rings is 1. The molecule has 112 valence electrons. The van der Waals surface area contributed by atoms with E-state index in [-0.39, 0.29) is 11.9 Å². The van der Waals surface area contributed by atoms with E-state index in [0.29, 0.717) is 6.54 Å². The van der Waals surface area contributed by atoms with Gasteiger partial charge in [0.1, 0.15) is 0 Å². The Bertz CT molecular complexity index is 483. The van der Waals surface area contributed by atoms with E-state index in [1.807, 2.05) is 38.1 Å². The lowest BCUT2D eigenvalue weighted by Crippen LogP contribution is -2.42. The monoisotopic (exact) mass is 296 g/mol. The van der Waals surface area contributed by atoms with Crippen LogP contribution in [0.1, 0.15) is 32.4 Å². The first-order chi connectivity index (χ1) is 9.27. The Morgan fingerprint density at radius 1 is 1.30 bits per heavy atom. The molecule has 2 unspecified atom stereocenters. The maximum Gasteiger partial charge on any atom is 0.226 e. The topological polar surface area (TPSA) is 58.2 Å². The highest BCUT2D eigenvalue weighted by atomic mass is 32.2. The maximum atomic E-state index is 11.7. The molecule has 2 atom stereocenters. The number of hydrogen-bond donors (Lipinski definition) is 2. The third-order valence-corrected chi connectivity index (χ3v) is 4.34. The number of carbonyl (C=O) groups excluding carboxylic acids is 1. The van der Waals surface area contributed by atoms with E-state index in [0.717, 1.165) is 10.5 Å². The highest BCUT2D eigenvalue weighted by molar-refractivity contribution is 7.84. The zero-order valence-electron chi connectivity index (χ0n) is 12.8. The molecule has 1 rings (SSSR count). The van der Waals surface area contributed by atoms with Crippen molar-refractivity contribution >= 4 is 16.7 Å². The minimum absolute atomic E-state index is 0.0222. The van der Waals surface area contributed by atoms with Gasteiger partial charge in [-0.05, 0) is 38.5 Å². The zero-order valence-corrected chi connectivity index (χ0v) is 13.6. The van der Waals surface area contributed by atoms with Gasteiger partial charge in [-0.2, -0.15) is 0 Å². The Labute approximate surface area is 123 Å². The van der Waals surface area contributed by atoms with Crippen LogP contribution in [0.3, 0.4) is 0 Å². The van der Waals surface area contributed by atoms with Gasteiger partial charge >= 0.3 is 0 Å². The quantitative estimate of drug-likeness (QED) is 0.842. The summed E-state index contributed by atoms with van der Waals surface area (Å²) in [7, 11) is 0.701. The van der Waals surface area contributed by atoms with Gasteiger partial charge in [-0.25, -0.2) is 0 Å². The van der Waals surface area contributed by atoms with Crippen LogP contribution in [0.2, 0.25) is 0 Å². The van der Waals surface area contributed by atoms with Crippen molar-refractivity contribution in [1.29, 1.82) is 0 Å². The molecule has 0 radical (unpaired) electrons. The summed E-state index contributed by atoms with van der Waals surface area (Å²) in [5.74, 6) is 0.0222. The Kier molecular flexibility index (Phi) is 5.89. The van der Waals surface area contributed by atoms with Gasteiger partial charge in [0.2, 0.25) is 5.91 Å². The lowest BCUT2D eigenvalue weighted by molar-refractivity contribution is -0.128. The van der Waals surface area contributed by atoms with Gasteiger partial charge in [-0.15, -0.1) is 0 Å². The summed E-state index contributed by atoms with van der Waals surface area (Å²) in [5, 5.41) is 6.04. The van der Waals surface area contributed by atoms with Crippen LogP contribution in [0.25, 0.3) is 0 Å². The van der Waals surface area contributed by atoms with E-state index in [1.54, 1.807) is 13.3 Å². The molecular formula is C15H24N2O2S. The largest absolute Gasteiger partial charge is 0.359 e. The molecule has 0 aromatic heterocycles.